The van der Waals surface area contributed by atoms with Crippen molar-refractivity contribution in [3.8, 4) is 0 Å². The summed E-state index contributed by atoms with van der Waals surface area (Å²) in [5, 5.41) is 12.2. The molecule has 2 unspecified atom stereocenters. The Morgan fingerprint density at radius 2 is 2.12 bits per heavy atom. The van der Waals surface area contributed by atoms with E-state index in [0.717, 1.165) is 19.5 Å². The zero-order chi connectivity index (χ0) is 12.4. The molecule has 17 heavy (non-hydrogen) atoms. The van der Waals surface area contributed by atoms with Gasteiger partial charge in [0, 0.05) is 19.0 Å². The molecule has 96 valence electrons. The van der Waals surface area contributed by atoms with Gasteiger partial charge in [0.1, 0.15) is 0 Å². The summed E-state index contributed by atoms with van der Waals surface area (Å²) < 4.78 is 0. The number of amides is 1. The highest BCUT2D eigenvalue weighted by molar-refractivity contribution is 5.80. The van der Waals surface area contributed by atoms with Gasteiger partial charge < -0.3 is 15.3 Å². The lowest BCUT2D eigenvalue weighted by atomic mass is 9.87. The van der Waals surface area contributed by atoms with Crippen molar-refractivity contribution in [3.05, 3.63) is 0 Å². The van der Waals surface area contributed by atoms with Gasteiger partial charge in [-0.25, -0.2) is 0 Å². The fourth-order valence-electron chi connectivity index (χ4n) is 2.53. The molecule has 5 heteroatoms. The van der Waals surface area contributed by atoms with E-state index >= 15 is 0 Å². The Morgan fingerprint density at radius 3 is 2.65 bits per heavy atom. The van der Waals surface area contributed by atoms with Crippen molar-refractivity contribution < 1.29 is 14.7 Å². The minimum absolute atomic E-state index is 0.0174. The Kier molecular flexibility index (Phi) is 3.66. The first kappa shape index (κ1) is 12.4. The third-order valence-electron chi connectivity index (χ3n) is 3.99. The Bertz CT molecular complexity index is 315. The van der Waals surface area contributed by atoms with Gasteiger partial charge >= 0.3 is 5.97 Å². The van der Waals surface area contributed by atoms with E-state index in [0.29, 0.717) is 25.4 Å². The fourth-order valence-corrected chi connectivity index (χ4v) is 2.53. The number of piperidine rings is 1. The lowest BCUT2D eigenvalue weighted by Crippen LogP contribution is -2.52. The second kappa shape index (κ2) is 5.04. The zero-order valence-electron chi connectivity index (χ0n) is 10.2. The minimum atomic E-state index is -0.777. The summed E-state index contributed by atoms with van der Waals surface area (Å²) in [6.07, 6.45) is 1.50. The topological polar surface area (TPSA) is 69.6 Å². The number of rotatable bonds is 3. The van der Waals surface area contributed by atoms with Crippen molar-refractivity contribution in [3.63, 3.8) is 0 Å². The van der Waals surface area contributed by atoms with E-state index in [1.54, 1.807) is 4.90 Å². The molecule has 2 saturated heterocycles. The molecular formula is C12H20N2O3. The number of carbonyl (C=O) groups excluding carboxylic acids is 1. The molecule has 2 atom stereocenters. The Labute approximate surface area is 101 Å². The smallest absolute Gasteiger partial charge is 0.308 e. The summed E-state index contributed by atoms with van der Waals surface area (Å²) in [4.78, 5) is 24.9. The van der Waals surface area contributed by atoms with Crippen molar-refractivity contribution in [2.75, 3.05) is 26.2 Å². The van der Waals surface area contributed by atoms with Gasteiger partial charge in [-0.1, -0.05) is 6.92 Å². The van der Waals surface area contributed by atoms with Crippen LogP contribution in [0.25, 0.3) is 0 Å². The van der Waals surface area contributed by atoms with E-state index < -0.39 is 5.97 Å². The molecule has 0 spiro atoms. The van der Waals surface area contributed by atoms with Crippen LogP contribution in [0.3, 0.4) is 0 Å². The van der Waals surface area contributed by atoms with Crippen LogP contribution in [0.4, 0.5) is 0 Å². The average Bonchev–Trinajstić information content (AvgIpc) is 2.25. The van der Waals surface area contributed by atoms with E-state index in [1.165, 1.54) is 0 Å². The maximum atomic E-state index is 12.2. The molecule has 0 aromatic heterocycles. The van der Waals surface area contributed by atoms with Gasteiger partial charge in [0.2, 0.25) is 5.91 Å². The van der Waals surface area contributed by atoms with Gasteiger partial charge in [0.05, 0.1) is 5.92 Å². The van der Waals surface area contributed by atoms with E-state index in [-0.39, 0.29) is 17.7 Å². The maximum Gasteiger partial charge on any atom is 0.308 e. The number of hydrogen-bond acceptors (Lipinski definition) is 3. The summed E-state index contributed by atoms with van der Waals surface area (Å²) in [6.45, 7) is 4.87. The third-order valence-corrected chi connectivity index (χ3v) is 3.99. The molecule has 0 saturated carbocycles. The summed E-state index contributed by atoms with van der Waals surface area (Å²) in [7, 11) is 0. The van der Waals surface area contributed by atoms with Crippen LogP contribution >= 0.6 is 0 Å². The lowest BCUT2D eigenvalue weighted by molar-refractivity contribution is -0.147. The van der Waals surface area contributed by atoms with Crippen LogP contribution in [-0.2, 0) is 9.59 Å². The van der Waals surface area contributed by atoms with Crippen molar-refractivity contribution in [1.29, 1.82) is 0 Å². The van der Waals surface area contributed by atoms with Crippen molar-refractivity contribution in [1.82, 2.24) is 10.2 Å². The summed E-state index contributed by atoms with van der Waals surface area (Å²) >= 11 is 0. The minimum Gasteiger partial charge on any atom is -0.481 e. The number of carboxylic acids is 1. The average molecular weight is 240 g/mol. The van der Waals surface area contributed by atoms with Crippen molar-refractivity contribution in [2.45, 2.75) is 19.8 Å². The second-order valence-electron chi connectivity index (χ2n) is 5.17. The van der Waals surface area contributed by atoms with Crippen molar-refractivity contribution >= 4 is 11.9 Å². The molecule has 2 heterocycles. The first-order valence-corrected chi connectivity index (χ1v) is 6.32. The molecule has 2 N–H and O–H groups in total. The highest BCUT2D eigenvalue weighted by Gasteiger charge is 2.34. The maximum absolute atomic E-state index is 12.2. The van der Waals surface area contributed by atoms with Crippen LogP contribution in [0.5, 0.6) is 0 Å². The van der Waals surface area contributed by atoms with Crippen LogP contribution in [0.2, 0.25) is 0 Å². The van der Waals surface area contributed by atoms with Gasteiger partial charge in [-0.3, -0.25) is 9.59 Å². The largest absolute Gasteiger partial charge is 0.481 e. The number of carbonyl (C=O) groups is 2. The number of nitrogens with zero attached hydrogens (tertiary/aromatic N) is 1. The van der Waals surface area contributed by atoms with Gasteiger partial charge in [-0.05, 0) is 31.8 Å². The molecule has 2 aliphatic heterocycles. The number of carboxylic acid groups (broad SMARTS) is 1. The molecule has 0 radical (unpaired) electrons. The van der Waals surface area contributed by atoms with Crippen molar-refractivity contribution in [2.24, 2.45) is 17.8 Å². The molecule has 2 aliphatic rings. The van der Waals surface area contributed by atoms with Crippen LogP contribution in [0.15, 0.2) is 0 Å². The Morgan fingerprint density at radius 1 is 1.41 bits per heavy atom. The normalized spacial score (nSPS) is 27.4. The Hall–Kier alpha value is -1.10. The van der Waals surface area contributed by atoms with E-state index in [9.17, 15) is 9.59 Å². The number of hydrogen-bond donors (Lipinski definition) is 2. The number of likely N-dealkylation sites (tertiary alicyclic amines) is 1. The summed E-state index contributed by atoms with van der Waals surface area (Å²) in [6, 6.07) is 0. The molecule has 1 amide bonds. The van der Waals surface area contributed by atoms with Crippen LogP contribution in [0, 0.1) is 17.8 Å². The molecule has 5 nitrogen and oxygen atoms in total. The third kappa shape index (κ3) is 2.60. The van der Waals surface area contributed by atoms with Gasteiger partial charge in [-0.15, -0.1) is 0 Å². The van der Waals surface area contributed by atoms with E-state index in [2.05, 4.69) is 5.32 Å². The predicted molar refractivity (Wildman–Crippen MR) is 62.5 cm³/mol. The van der Waals surface area contributed by atoms with E-state index in [4.69, 9.17) is 5.11 Å². The lowest BCUT2D eigenvalue weighted by Gasteiger charge is -2.37. The number of nitrogens with one attached hydrogen (secondary N) is 1. The monoisotopic (exact) mass is 240 g/mol. The second-order valence-corrected chi connectivity index (χ2v) is 5.17. The van der Waals surface area contributed by atoms with Gasteiger partial charge in [0.15, 0.2) is 0 Å². The molecule has 0 aliphatic carbocycles. The summed E-state index contributed by atoms with van der Waals surface area (Å²) in [5.41, 5.74) is 0. The van der Waals surface area contributed by atoms with Gasteiger partial charge in [-0.2, -0.15) is 0 Å². The fraction of sp³-hybridized carbons (Fsp3) is 0.833. The van der Waals surface area contributed by atoms with Gasteiger partial charge in [0.25, 0.3) is 0 Å². The molecule has 0 aromatic carbocycles. The standard InChI is InChI=1S/C12H20N2O3/c1-8(10-5-13-6-10)11(15)14-4-2-3-9(7-14)12(16)17/h8-10,13H,2-7H2,1H3,(H,16,17). The first-order valence-electron chi connectivity index (χ1n) is 6.32. The van der Waals surface area contributed by atoms with Crippen LogP contribution in [-0.4, -0.2) is 48.1 Å². The van der Waals surface area contributed by atoms with Crippen LogP contribution < -0.4 is 5.32 Å². The zero-order valence-corrected chi connectivity index (χ0v) is 10.2. The molecule has 2 fully saturated rings. The SMILES string of the molecule is CC(C(=O)N1CCCC(C(=O)O)C1)C1CNC1. The Balaban J connectivity index is 1.91. The first-order chi connectivity index (χ1) is 8.09. The molecule has 0 aromatic rings. The molecule has 2 rings (SSSR count). The summed E-state index contributed by atoms with van der Waals surface area (Å²) in [5.74, 6) is -0.584. The molecule has 0 bridgehead atoms. The molecular weight excluding hydrogens is 220 g/mol. The van der Waals surface area contributed by atoms with E-state index in [1.807, 2.05) is 6.92 Å². The quantitative estimate of drug-likeness (QED) is 0.737. The highest BCUT2D eigenvalue weighted by atomic mass is 16.4. The predicted octanol–water partition coefficient (Wildman–Crippen LogP) is 0.165. The van der Waals surface area contributed by atoms with Crippen LogP contribution in [0.1, 0.15) is 19.8 Å². The number of aliphatic carboxylic acids is 1. The highest BCUT2D eigenvalue weighted by Crippen LogP contribution is 2.23.